The SMILES string of the molecule is COc1ccc(OC)c2[nH]c(=O)c(CCNC(=S)NC3CCCCC3)cc12. The first-order chi connectivity index (χ1) is 13.1. The van der Waals surface area contributed by atoms with Crippen LogP contribution in [0.2, 0.25) is 0 Å². The van der Waals surface area contributed by atoms with E-state index in [1.54, 1.807) is 20.3 Å². The molecule has 0 amide bonds. The molecular formula is C20H27N3O3S. The Hall–Kier alpha value is -2.28. The number of methoxy groups -OCH3 is 2. The van der Waals surface area contributed by atoms with Crippen molar-refractivity contribution in [2.75, 3.05) is 20.8 Å². The molecule has 0 unspecified atom stereocenters. The van der Waals surface area contributed by atoms with E-state index in [2.05, 4.69) is 15.6 Å². The average molecular weight is 390 g/mol. The zero-order valence-corrected chi connectivity index (χ0v) is 16.7. The number of thiocarbonyl (C=S) groups is 1. The molecule has 0 bridgehead atoms. The Morgan fingerprint density at radius 1 is 1.19 bits per heavy atom. The van der Waals surface area contributed by atoms with Crippen LogP contribution in [0.1, 0.15) is 37.7 Å². The van der Waals surface area contributed by atoms with E-state index in [4.69, 9.17) is 21.7 Å². The first kappa shape index (κ1) is 19.5. The van der Waals surface area contributed by atoms with Crippen LogP contribution in [0.15, 0.2) is 23.0 Å². The van der Waals surface area contributed by atoms with Gasteiger partial charge in [-0.2, -0.15) is 0 Å². The zero-order chi connectivity index (χ0) is 19.2. The van der Waals surface area contributed by atoms with Gasteiger partial charge in [-0.1, -0.05) is 19.3 Å². The van der Waals surface area contributed by atoms with Crippen molar-refractivity contribution < 1.29 is 9.47 Å². The summed E-state index contributed by atoms with van der Waals surface area (Å²) < 4.78 is 10.8. The molecule has 3 rings (SSSR count). The topological polar surface area (TPSA) is 75.4 Å². The van der Waals surface area contributed by atoms with Gasteiger partial charge >= 0.3 is 0 Å². The van der Waals surface area contributed by atoms with Crippen molar-refractivity contribution in [1.29, 1.82) is 0 Å². The first-order valence-electron chi connectivity index (χ1n) is 9.43. The lowest BCUT2D eigenvalue weighted by atomic mass is 9.96. The summed E-state index contributed by atoms with van der Waals surface area (Å²) >= 11 is 5.39. The van der Waals surface area contributed by atoms with Crippen molar-refractivity contribution in [2.45, 2.75) is 44.6 Å². The third-order valence-electron chi connectivity index (χ3n) is 5.08. The lowest BCUT2D eigenvalue weighted by Gasteiger charge is -2.24. The summed E-state index contributed by atoms with van der Waals surface area (Å²) in [7, 11) is 3.20. The molecule has 1 aliphatic carbocycles. The number of H-pyrrole nitrogens is 1. The Labute approximate surface area is 164 Å². The number of hydrogen-bond donors (Lipinski definition) is 3. The van der Waals surface area contributed by atoms with Crippen molar-refractivity contribution in [3.8, 4) is 11.5 Å². The maximum Gasteiger partial charge on any atom is 0.251 e. The van der Waals surface area contributed by atoms with E-state index < -0.39 is 0 Å². The second-order valence-electron chi connectivity index (χ2n) is 6.87. The minimum atomic E-state index is -0.123. The molecule has 1 aliphatic rings. The molecule has 2 aromatic rings. The summed E-state index contributed by atoms with van der Waals surface area (Å²) in [5.41, 5.74) is 1.21. The fourth-order valence-electron chi connectivity index (χ4n) is 3.61. The quantitative estimate of drug-likeness (QED) is 0.660. The molecule has 1 aromatic carbocycles. The Bertz CT molecular complexity index is 859. The normalized spacial score (nSPS) is 14.7. The highest BCUT2D eigenvalue weighted by molar-refractivity contribution is 7.80. The van der Waals surface area contributed by atoms with Crippen molar-refractivity contribution in [2.24, 2.45) is 0 Å². The number of rotatable bonds is 6. The van der Waals surface area contributed by atoms with E-state index in [9.17, 15) is 4.79 Å². The Balaban J connectivity index is 1.67. The van der Waals surface area contributed by atoms with Crippen LogP contribution in [-0.2, 0) is 6.42 Å². The molecule has 6 nitrogen and oxygen atoms in total. The number of pyridine rings is 1. The van der Waals surface area contributed by atoms with Gasteiger partial charge in [-0.05, 0) is 49.7 Å². The number of aromatic nitrogens is 1. The summed E-state index contributed by atoms with van der Waals surface area (Å²) in [6.07, 6.45) is 6.76. The van der Waals surface area contributed by atoms with Gasteiger partial charge < -0.3 is 25.1 Å². The Morgan fingerprint density at radius 3 is 2.59 bits per heavy atom. The monoisotopic (exact) mass is 389 g/mol. The zero-order valence-electron chi connectivity index (χ0n) is 15.9. The molecule has 1 heterocycles. The van der Waals surface area contributed by atoms with E-state index >= 15 is 0 Å². The molecule has 0 radical (unpaired) electrons. The summed E-state index contributed by atoms with van der Waals surface area (Å²) in [6, 6.07) is 5.97. The Kier molecular flexibility index (Phi) is 6.55. The van der Waals surface area contributed by atoms with Gasteiger partial charge in [0, 0.05) is 23.5 Å². The van der Waals surface area contributed by atoms with E-state index in [1.807, 2.05) is 12.1 Å². The molecule has 1 aromatic heterocycles. The van der Waals surface area contributed by atoms with Gasteiger partial charge in [0.2, 0.25) is 0 Å². The Morgan fingerprint density at radius 2 is 1.89 bits per heavy atom. The maximum absolute atomic E-state index is 12.5. The number of benzene rings is 1. The second kappa shape index (κ2) is 9.08. The van der Waals surface area contributed by atoms with Crippen LogP contribution in [0.4, 0.5) is 0 Å². The molecule has 1 fully saturated rings. The largest absolute Gasteiger partial charge is 0.496 e. The molecule has 3 N–H and O–H groups in total. The van der Waals surface area contributed by atoms with Crippen molar-refractivity contribution >= 4 is 28.2 Å². The predicted octanol–water partition coefficient (Wildman–Crippen LogP) is 2.88. The minimum Gasteiger partial charge on any atom is -0.496 e. The third kappa shape index (κ3) is 4.71. The highest BCUT2D eigenvalue weighted by atomic mass is 32.1. The number of nitrogens with one attached hydrogen (secondary N) is 3. The van der Waals surface area contributed by atoms with E-state index in [0.717, 1.165) is 5.39 Å². The molecule has 27 heavy (non-hydrogen) atoms. The predicted molar refractivity (Wildman–Crippen MR) is 112 cm³/mol. The minimum absolute atomic E-state index is 0.123. The molecule has 0 saturated heterocycles. The van der Waals surface area contributed by atoms with Crippen LogP contribution in [0.3, 0.4) is 0 Å². The van der Waals surface area contributed by atoms with E-state index in [1.165, 1.54) is 32.1 Å². The molecule has 0 atom stereocenters. The highest BCUT2D eigenvalue weighted by Crippen LogP contribution is 2.31. The van der Waals surface area contributed by atoms with Gasteiger partial charge in [-0.3, -0.25) is 4.79 Å². The highest BCUT2D eigenvalue weighted by Gasteiger charge is 2.14. The first-order valence-corrected chi connectivity index (χ1v) is 9.84. The third-order valence-corrected chi connectivity index (χ3v) is 5.34. The number of hydrogen-bond acceptors (Lipinski definition) is 4. The molecular weight excluding hydrogens is 362 g/mol. The summed E-state index contributed by atoms with van der Waals surface area (Å²) in [6.45, 7) is 0.597. The van der Waals surface area contributed by atoms with E-state index in [-0.39, 0.29) is 5.56 Å². The van der Waals surface area contributed by atoms with Crippen molar-refractivity contribution in [3.05, 3.63) is 34.1 Å². The van der Waals surface area contributed by atoms with Crippen LogP contribution >= 0.6 is 12.2 Å². The van der Waals surface area contributed by atoms with Crippen LogP contribution in [-0.4, -0.2) is 36.9 Å². The van der Waals surface area contributed by atoms with Gasteiger partial charge in [0.25, 0.3) is 5.56 Å². The molecule has 7 heteroatoms. The number of fused-ring (bicyclic) bond motifs is 1. The summed E-state index contributed by atoms with van der Waals surface area (Å²) in [5, 5.41) is 8.09. The summed E-state index contributed by atoms with van der Waals surface area (Å²) in [5.74, 6) is 1.32. The van der Waals surface area contributed by atoms with E-state index in [0.29, 0.717) is 46.7 Å². The van der Waals surface area contributed by atoms with Crippen LogP contribution in [0.5, 0.6) is 11.5 Å². The number of ether oxygens (including phenoxy) is 2. The van der Waals surface area contributed by atoms with Gasteiger partial charge in [0.05, 0.1) is 19.7 Å². The van der Waals surface area contributed by atoms with Crippen LogP contribution in [0.25, 0.3) is 10.9 Å². The lowest BCUT2D eigenvalue weighted by Crippen LogP contribution is -2.43. The fraction of sp³-hybridized carbons (Fsp3) is 0.500. The van der Waals surface area contributed by atoms with Gasteiger partial charge in [-0.15, -0.1) is 0 Å². The van der Waals surface area contributed by atoms with Crippen LogP contribution in [0, 0.1) is 0 Å². The van der Waals surface area contributed by atoms with Crippen molar-refractivity contribution in [3.63, 3.8) is 0 Å². The lowest BCUT2D eigenvalue weighted by molar-refractivity contribution is 0.409. The van der Waals surface area contributed by atoms with Gasteiger partial charge in [-0.25, -0.2) is 0 Å². The fourth-order valence-corrected chi connectivity index (χ4v) is 3.88. The van der Waals surface area contributed by atoms with Crippen molar-refractivity contribution in [1.82, 2.24) is 15.6 Å². The standard InChI is InChI=1S/C20H27N3O3S/c1-25-16-8-9-17(26-2)18-15(16)12-13(19(24)23-18)10-11-21-20(27)22-14-6-4-3-5-7-14/h8-9,12,14H,3-7,10-11H2,1-2H3,(H,23,24)(H2,21,22,27). The smallest absolute Gasteiger partial charge is 0.251 e. The second-order valence-corrected chi connectivity index (χ2v) is 7.28. The average Bonchev–Trinajstić information content (AvgIpc) is 2.68. The molecule has 146 valence electrons. The molecule has 1 saturated carbocycles. The number of aromatic amines is 1. The molecule has 0 spiro atoms. The maximum atomic E-state index is 12.5. The summed E-state index contributed by atoms with van der Waals surface area (Å²) in [4.78, 5) is 15.4. The van der Waals surface area contributed by atoms with Gasteiger partial charge in [0.15, 0.2) is 5.11 Å². The molecule has 0 aliphatic heterocycles. The van der Waals surface area contributed by atoms with Crippen LogP contribution < -0.4 is 25.7 Å². The van der Waals surface area contributed by atoms with Gasteiger partial charge in [0.1, 0.15) is 11.5 Å².